The average Bonchev–Trinajstić information content (AvgIpc) is 3.15. The Labute approximate surface area is 163 Å². The van der Waals surface area contributed by atoms with E-state index in [9.17, 15) is 13.6 Å². The number of hydrogen-bond acceptors (Lipinski definition) is 5. The Kier molecular flexibility index (Phi) is 6.51. The predicted octanol–water partition coefficient (Wildman–Crippen LogP) is 2.39. The Morgan fingerprint density at radius 1 is 1.32 bits per heavy atom. The number of nitrogens with two attached hydrogens (primary N) is 1. The van der Waals surface area contributed by atoms with E-state index < -0.39 is 11.6 Å². The fourth-order valence-corrected chi connectivity index (χ4v) is 3.47. The molecule has 1 aromatic carbocycles. The number of likely N-dealkylation sites (N-methyl/N-ethyl adjacent to an activating group) is 1. The minimum atomic E-state index is -0.851. The van der Waals surface area contributed by atoms with Gasteiger partial charge in [-0.3, -0.25) is 9.69 Å². The number of amides is 1. The Hall–Kier alpha value is -2.61. The molecule has 0 spiro atoms. The fraction of sp³-hybridized carbons (Fsp3) is 0.450. The highest BCUT2D eigenvalue weighted by molar-refractivity contribution is 5.76. The molecule has 0 bridgehead atoms. The average molecular weight is 389 g/mol. The number of aromatic nitrogens is 2. The summed E-state index contributed by atoms with van der Waals surface area (Å²) in [6.07, 6.45) is 4.09. The van der Waals surface area contributed by atoms with Gasteiger partial charge >= 0.3 is 0 Å². The first-order valence-corrected chi connectivity index (χ1v) is 9.41. The van der Waals surface area contributed by atoms with Crippen LogP contribution in [0.1, 0.15) is 30.7 Å². The van der Waals surface area contributed by atoms with Gasteiger partial charge in [0.2, 0.25) is 5.91 Å². The summed E-state index contributed by atoms with van der Waals surface area (Å²) in [4.78, 5) is 24.9. The SMILES string of the molecule is CN(Cc1nccc(N)n1)[C@H]1CCN(C(=O)CCCc2ccc(F)c(F)c2)C1. The van der Waals surface area contributed by atoms with Crippen molar-refractivity contribution in [3.8, 4) is 0 Å². The van der Waals surface area contributed by atoms with Gasteiger partial charge in [0.1, 0.15) is 11.6 Å². The van der Waals surface area contributed by atoms with Crippen LogP contribution in [0.25, 0.3) is 0 Å². The molecule has 8 heteroatoms. The van der Waals surface area contributed by atoms with Gasteiger partial charge in [-0.25, -0.2) is 18.7 Å². The maximum absolute atomic E-state index is 13.2. The molecule has 0 saturated carbocycles. The minimum Gasteiger partial charge on any atom is -0.384 e. The maximum Gasteiger partial charge on any atom is 0.222 e. The van der Waals surface area contributed by atoms with Crippen molar-refractivity contribution in [2.45, 2.75) is 38.3 Å². The molecular weight excluding hydrogens is 364 g/mol. The standard InChI is InChI=1S/C20H25F2N5O/c1-26(13-19-24-9-7-18(23)25-19)15-8-10-27(12-15)20(28)4-2-3-14-5-6-16(21)17(22)11-14/h5-7,9,11,15H,2-4,8,10,12-13H2,1H3,(H2,23,24,25)/t15-/m0/s1. The van der Waals surface area contributed by atoms with Gasteiger partial charge < -0.3 is 10.6 Å². The largest absolute Gasteiger partial charge is 0.384 e. The van der Waals surface area contributed by atoms with Gasteiger partial charge in [0.15, 0.2) is 11.6 Å². The van der Waals surface area contributed by atoms with E-state index in [2.05, 4.69) is 14.9 Å². The first-order valence-electron chi connectivity index (χ1n) is 9.41. The summed E-state index contributed by atoms with van der Waals surface area (Å²) in [5.41, 5.74) is 6.39. The first kappa shape index (κ1) is 20.1. The molecular formula is C20H25F2N5O. The lowest BCUT2D eigenvalue weighted by atomic mass is 10.1. The number of aryl methyl sites for hydroxylation is 1. The second kappa shape index (κ2) is 9.05. The summed E-state index contributed by atoms with van der Waals surface area (Å²) in [7, 11) is 1.99. The van der Waals surface area contributed by atoms with Crippen LogP contribution in [0.3, 0.4) is 0 Å². The van der Waals surface area contributed by atoms with E-state index in [-0.39, 0.29) is 11.9 Å². The number of nitrogens with zero attached hydrogens (tertiary/aromatic N) is 4. The summed E-state index contributed by atoms with van der Waals surface area (Å²) < 4.78 is 26.2. The number of rotatable bonds is 7. The Morgan fingerprint density at radius 3 is 2.89 bits per heavy atom. The zero-order valence-electron chi connectivity index (χ0n) is 15.9. The summed E-state index contributed by atoms with van der Waals surface area (Å²) in [6.45, 7) is 1.97. The number of benzene rings is 1. The lowest BCUT2D eigenvalue weighted by Gasteiger charge is -2.24. The smallest absolute Gasteiger partial charge is 0.222 e. The molecule has 1 aliphatic heterocycles. The number of anilines is 1. The van der Waals surface area contributed by atoms with Crippen molar-refractivity contribution in [1.82, 2.24) is 19.8 Å². The third kappa shape index (κ3) is 5.22. The Morgan fingerprint density at radius 2 is 2.14 bits per heavy atom. The maximum atomic E-state index is 13.2. The van der Waals surface area contributed by atoms with Gasteiger partial charge in [0.25, 0.3) is 0 Å². The van der Waals surface area contributed by atoms with Crippen molar-refractivity contribution in [3.63, 3.8) is 0 Å². The molecule has 1 fully saturated rings. The van der Waals surface area contributed by atoms with Crippen LogP contribution in [0, 0.1) is 11.6 Å². The Bertz CT molecular complexity index is 832. The van der Waals surface area contributed by atoms with Crippen molar-refractivity contribution in [2.75, 3.05) is 25.9 Å². The minimum absolute atomic E-state index is 0.0960. The van der Waals surface area contributed by atoms with Crippen LogP contribution < -0.4 is 5.73 Å². The van der Waals surface area contributed by atoms with Crippen molar-refractivity contribution >= 4 is 11.7 Å². The normalized spacial score (nSPS) is 16.7. The highest BCUT2D eigenvalue weighted by Gasteiger charge is 2.28. The molecule has 28 heavy (non-hydrogen) atoms. The van der Waals surface area contributed by atoms with Crippen molar-refractivity contribution in [3.05, 3.63) is 53.5 Å². The first-order chi connectivity index (χ1) is 13.4. The second-order valence-electron chi connectivity index (χ2n) is 7.20. The molecule has 6 nitrogen and oxygen atoms in total. The molecule has 1 aromatic heterocycles. The van der Waals surface area contributed by atoms with Gasteiger partial charge in [-0.2, -0.15) is 0 Å². The van der Waals surface area contributed by atoms with Crippen LogP contribution >= 0.6 is 0 Å². The second-order valence-corrected chi connectivity index (χ2v) is 7.20. The summed E-state index contributed by atoms with van der Waals surface area (Å²) in [5, 5.41) is 0. The zero-order chi connectivity index (χ0) is 20.1. The number of carbonyl (C=O) groups is 1. The van der Waals surface area contributed by atoms with Crippen LogP contribution in [0.2, 0.25) is 0 Å². The van der Waals surface area contributed by atoms with E-state index in [0.717, 1.165) is 19.0 Å². The number of carbonyl (C=O) groups excluding carboxylic acids is 1. The predicted molar refractivity (Wildman–Crippen MR) is 102 cm³/mol. The molecule has 3 rings (SSSR count). The van der Waals surface area contributed by atoms with Gasteiger partial charge in [-0.1, -0.05) is 6.07 Å². The van der Waals surface area contributed by atoms with Crippen molar-refractivity contribution in [1.29, 1.82) is 0 Å². The molecule has 0 aliphatic carbocycles. The molecule has 2 heterocycles. The third-order valence-corrected chi connectivity index (χ3v) is 5.10. The topological polar surface area (TPSA) is 75.4 Å². The van der Waals surface area contributed by atoms with Crippen LogP contribution in [-0.4, -0.2) is 51.9 Å². The number of halogens is 2. The molecule has 1 atom stereocenters. The van der Waals surface area contributed by atoms with E-state index in [1.165, 1.54) is 6.07 Å². The van der Waals surface area contributed by atoms with E-state index in [4.69, 9.17) is 5.73 Å². The van der Waals surface area contributed by atoms with Crippen molar-refractivity contribution < 1.29 is 13.6 Å². The summed E-state index contributed by atoms with van der Waals surface area (Å²) >= 11 is 0. The fourth-order valence-electron chi connectivity index (χ4n) is 3.47. The van der Waals surface area contributed by atoms with E-state index in [0.29, 0.717) is 49.6 Å². The molecule has 150 valence electrons. The highest BCUT2D eigenvalue weighted by atomic mass is 19.2. The van der Waals surface area contributed by atoms with Crippen LogP contribution in [0.5, 0.6) is 0 Å². The highest BCUT2D eigenvalue weighted by Crippen LogP contribution is 2.18. The van der Waals surface area contributed by atoms with Gasteiger partial charge in [-0.15, -0.1) is 0 Å². The molecule has 2 N–H and O–H groups in total. The lowest BCUT2D eigenvalue weighted by molar-refractivity contribution is -0.130. The number of nitrogen functional groups attached to an aromatic ring is 1. The molecule has 2 aromatic rings. The third-order valence-electron chi connectivity index (χ3n) is 5.10. The lowest BCUT2D eigenvalue weighted by Crippen LogP contribution is -2.36. The van der Waals surface area contributed by atoms with E-state index in [1.807, 2.05) is 11.9 Å². The monoisotopic (exact) mass is 389 g/mol. The van der Waals surface area contributed by atoms with Crippen molar-refractivity contribution in [2.24, 2.45) is 0 Å². The molecule has 1 saturated heterocycles. The molecule has 0 radical (unpaired) electrons. The van der Waals surface area contributed by atoms with Crippen LogP contribution in [-0.2, 0) is 17.8 Å². The molecule has 1 amide bonds. The number of likely N-dealkylation sites (tertiary alicyclic amines) is 1. The molecule has 1 aliphatic rings. The van der Waals surface area contributed by atoms with Gasteiger partial charge in [-0.05, 0) is 50.1 Å². The van der Waals surface area contributed by atoms with Crippen LogP contribution in [0.4, 0.5) is 14.6 Å². The number of hydrogen-bond donors (Lipinski definition) is 1. The summed E-state index contributed by atoms with van der Waals surface area (Å²) in [6, 6.07) is 5.78. The van der Waals surface area contributed by atoms with E-state index >= 15 is 0 Å². The quantitative estimate of drug-likeness (QED) is 0.787. The summed E-state index contributed by atoms with van der Waals surface area (Å²) in [5.74, 6) is -0.491. The molecule has 0 unspecified atom stereocenters. The Balaban J connectivity index is 1.43. The van der Waals surface area contributed by atoms with E-state index in [1.54, 1.807) is 18.3 Å². The zero-order valence-corrected chi connectivity index (χ0v) is 15.9. The van der Waals surface area contributed by atoms with Gasteiger partial charge in [0.05, 0.1) is 6.54 Å². The van der Waals surface area contributed by atoms with Gasteiger partial charge in [0, 0.05) is 31.7 Å². The van der Waals surface area contributed by atoms with Crippen LogP contribution in [0.15, 0.2) is 30.5 Å².